The van der Waals surface area contributed by atoms with E-state index >= 15 is 0 Å². The van der Waals surface area contributed by atoms with Crippen molar-refractivity contribution in [3.8, 4) is 0 Å². The number of carbonyl (C=O) groups excluding carboxylic acids is 2. The van der Waals surface area contributed by atoms with E-state index in [-0.39, 0.29) is 17.6 Å². The van der Waals surface area contributed by atoms with Crippen LogP contribution in [-0.4, -0.2) is 77.1 Å². The Morgan fingerprint density at radius 2 is 1.75 bits per heavy atom. The second-order valence-corrected chi connectivity index (χ2v) is 8.35. The molecular weight excluding hydrogens is 484 g/mol. The number of nitrogens with one attached hydrogen (secondary N) is 1. The smallest absolute Gasteiger partial charge is 0.475 e. The van der Waals surface area contributed by atoms with Gasteiger partial charge in [0.1, 0.15) is 5.82 Å². The molecule has 1 saturated heterocycles. The third-order valence-electron chi connectivity index (χ3n) is 5.53. The summed E-state index contributed by atoms with van der Waals surface area (Å²) in [6, 6.07) is 9.37. The van der Waals surface area contributed by atoms with Crippen LogP contribution in [0.2, 0.25) is 0 Å². The van der Waals surface area contributed by atoms with Crippen molar-refractivity contribution in [1.82, 2.24) is 20.1 Å². The second kappa shape index (κ2) is 13.5. The molecule has 0 radical (unpaired) electrons. The molecule has 12 heteroatoms. The average Bonchev–Trinajstić information content (AvgIpc) is 2.84. The number of likely N-dealkylation sites (tertiary alicyclic amines) is 1. The van der Waals surface area contributed by atoms with Crippen LogP contribution in [0.3, 0.4) is 0 Å². The molecule has 3 rings (SSSR count). The minimum atomic E-state index is -5.08. The number of piperidine rings is 1. The molecule has 2 aromatic rings. The van der Waals surface area contributed by atoms with Crippen LogP contribution < -0.4 is 5.32 Å². The number of nitrogens with zero attached hydrogens (tertiary/aromatic N) is 3. The van der Waals surface area contributed by atoms with E-state index in [4.69, 9.17) is 9.90 Å². The maximum absolute atomic E-state index is 13.0. The number of aliphatic carboxylic acids is 1. The highest BCUT2D eigenvalue weighted by Crippen LogP contribution is 2.19. The number of ketones is 1. The molecule has 1 aliphatic rings. The van der Waals surface area contributed by atoms with Gasteiger partial charge in [0.15, 0.2) is 5.78 Å². The number of carboxylic acid groups (broad SMARTS) is 1. The summed E-state index contributed by atoms with van der Waals surface area (Å²) in [7, 11) is 1.81. The molecule has 0 bridgehead atoms. The van der Waals surface area contributed by atoms with Crippen molar-refractivity contribution in [3.05, 3.63) is 65.7 Å². The van der Waals surface area contributed by atoms with Gasteiger partial charge in [0, 0.05) is 38.1 Å². The minimum absolute atomic E-state index is 0.00958. The van der Waals surface area contributed by atoms with Gasteiger partial charge < -0.3 is 15.3 Å². The molecule has 1 fully saturated rings. The Morgan fingerprint density at radius 1 is 1.14 bits per heavy atom. The lowest BCUT2D eigenvalue weighted by Gasteiger charge is -2.33. The summed E-state index contributed by atoms with van der Waals surface area (Å²) in [5.41, 5.74) is 1.51. The first kappa shape index (κ1) is 28.7. The first-order valence-corrected chi connectivity index (χ1v) is 11.1. The monoisotopic (exact) mass is 512 g/mol. The summed E-state index contributed by atoms with van der Waals surface area (Å²) in [5.74, 6) is -2.67. The van der Waals surface area contributed by atoms with E-state index in [9.17, 15) is 27.2 Å². The van der Waals surface area contributed by atoms with Crippen LogP contribution >= 0.6 is 0 Å². The predicted molar refractivity (Wildman–Crippen MR) is 123 cm³/mol. The number of carbonyl (C=O) groups is 3. The number of halogens is 4. The Balaban J connectivity index is 0.000000572. The van der Waals surface area contributed by atoms with Crippen molar-refractivity contribution in [2.45, 2.75) is 25.6 Å². The maximum Gasteiger partial charge on any atom is 0.490 e. The molecule has 0 unspecified atom stereocenters. The number of benzene rings is 1. The van der Waals surface area contributed by atoms with Gasteiger partial charge in [-0.25, -0.2) is 14.0 Å². The van der Waals surface area contributed by atoms with Crippen molar-refractivity contribution in [2.24, 2.45) is 5.92 Å². The fourth-order valence-corrected chi connectivity index (χ4v) is 3.54. The molecule has 0 spiro atoms. The zero-order valence-corrected chi connectivity index (χ0v) is 19.7. The number of rotatable bonds is 7. The number of amides is 2. The van der Waals surface area contributed by atoms with Gasteiger partial charge in [-0.2, -0.15) is 13.2 Å². The van der Waals surface area contributed by atoms with E-state index in [0.717, 1.165) is 31.5 Å². The van der Waals surface area contributed by atoms with Crippen LogP contribution in [0.1, 0.15) is 28.8 Å². The Morgan fingerprint density at radius 3 is 2.28 bits per heavy atom. The molecule has 1 aliphatic heterocycles. The maximum atomic E-state index is 13.0. The fraction of sp³-hybridized carbons (Fsp3) is 0.417. The lowest BCUT2D eigenvalue weighted by atomic mass is 9.96. The molecule has 196 valence electrons. The molecule has 1 aromatic heterocycles. The summed E-state index contributed by atoms with van der Waals surface area (Å²) in [5, 5.41) is 10.0. The number of aromatic nitrogens is 1. The SMILES string of the molecule is CN(CC1CCN(CC(=O)c2ccc(F)cc2)CC1)C(=O)NCc1cccnc1.O=C(O)C(F)(F)F. The van der Waals surface area contributed by atoms with Crippen LogP contribution in [0.25, 0.3) is 0 Å². The Labute approximate surface area is 205 Å². The zero-order chi connectivity index (χ0) is 26.7. The molecule has 2 N–H and O–H groups in total. The average molecular weight is 513 g/mol. The van der Waals surface area contributed by atoms with Crippen LogP contribution in [-0.2, 0) is 11.3 Å². The Bertz CT molecular complexity index is 995. The molecular formula is C24H28F4N4O4. The third kappa shape index (κ3) is 9.98. The first-order valence-electron chi connectivity index (χ1n) is 11.1. The number of carboxylic acids is 1. The highest BCUT2D eigenvalue weighted by atomic mass is 19.4. The predicted octanol–water partition coefficient (Wildman–Crippen LogP) is 3.59. The normalized spacial score (nSPS) is 14.4. The number of urea groups is 1. The van der Waals surface area contributed by atoms with E-state index in [2.05, 4.69) is 15.2 Å². The van der Waals surface area contributed by atoms with Crippen LogP contribution in [0.15, 0.2) is 48.8 Å². The third-order valence-corrected chi connectivity index (χ3v) is 5.53. The zero-order valence-electron chi connectivity index (χ0n) is 19.7. The van der Waals surface area contributed by atoms with Gasteiger partial charge in [0.2, 0.25) is 0 Å². The summed E-state index contributed by atoms with van der Waals surface area (Å²) in [4.78, 5) is 41.4. The van der Waals surface area contributed by atoms with Gasteiger partial charge >= 0.3 is 18.2 Å². The summed E-state index contributed by atoms with van der Waals surface area (Å²) >= 11 is 0. The molecule has 8 nitrogen and oxygen atoms in total. The van der Waals surface area contributed by atoms with Gasteiger partial charge in [-0.15, -0.1) is 0 Å². The Kier molecular flexibility index (Phi) is 10.8. The minimum Gasteiger partial charge on any atom is -0.475 e. The topological polar surface area (TPSA) is 103 Å². The van der Waals surface area contributed by atoms with E-state index in [1.807, 2.05) is 19.2 Å². The number of hydrogen-bond donors (Lipinski definition) is 2. The van der Waals surface area contributed by atoms with Crippen LogP contribution in [0.4, 0.5) is 22.4 Å². The van der Waals surface area contributed by atoms with Crippen molar-refractivity contribution in [3.63, 3.8) is 0 Å². The van der Waals surface area contributed by atoms with Crippen molar-refractivity contribution < 1.29 is 37.1 Å². The van der Waals surface area contributed by atoms with Crippen molar-refractivity contribution >= 4 is 17.8 Å². The summed E-state index contributed by atoms with van der Waals surface area (Å²) in [6.45, 7) is 3.14. The van der Waals surface area contributed by atoms with Gasteiger partial charge in [0.25, 0.3) is 0 Å². The molecule has 2 heterocycles. The Hall–Kier alpha value is -3.54. The van der Waals surface area contributed by atoms with Gasteiger partial charge in [-0.3, -0.25) is 14.7 Å². The van der Waals surface area contributed by atoms with E-state index < -0.39 is 12.1 Å². The molecule has 0 saturated carbocycles. The summed E-state index contributed by atoms with van der Waals surface area (Å²) < 4.78 is 44.7. The number of Topliss-reactive ketones (excluding diaryl/α,β-unsaturated/α-hetero) is 1. The number of hydrogen-bond acceptors (Lipinski definition) is 5. The standard InChI is InChI=1S/C22H27FN4O2.C2HF3O2/c1-26(22(29)25-14-18-3-2-10-24-13-18)15-17-8-11-27(12-9-17)16-21(28)19-4-6-20(23)7-5-19;3-2(4,5)1(6)7/h2-7,10,13,17H,8-9,11-12,14-16H2,1H3,(H,25,29);(H,6,7). The fourth-order valence-electron chi connectivity index (χ4n) is 3.54. The first-order chi connectivity index (χ1) is 17.0. The lowest BCUT2D eigenvalue weighted by Crippen LogP contribution is -2.43. The van der Waals surface area contributed by atoms with E-state index in [1.165, 1.54) is 24.3 Å². The molecule has 36 heavy (non-hydrogen) atoms. The highest BCUT2D eigenvalue weighted by molar-refractivity contribution is 5.97. The largest absolute Gasteiger partial charge is 0.490 e. The highest BCUT2D eigenvalue weighted by Gasteiger charge is 2.38. The van der Waals surface area contributed by atoms with Crippen LogP contribution in [0.5, 0.6) is 0 Å². The van der Waals surface area contributed by atoms with Crippen LogP contribution in [0, 0.1) is 11.7 Å². The molecule has 0 aliphatic carbocycles. The van der Waals surface area contributed by atoms with E-state index in [0.29, 0.717) is 31.1 Å². The quantitative estimate of drug-likeness (QED) is 0.434. The van der Waals surface area contributed by atoms with Gasteiger partial charge in [-0.05, 0) is 67.7 Å². The lowest BCUT2D eigenvalue weighted by molar-refractivity contribution is -0.192. The second-order valence-electron chi connectivity index (χ2n) is 8.35. The van der Waals surface area contributed by atoms with Crippen molar-refractivity contribution in [2.75, 3.05) is 33.2 Å². The van der Waals surface area contributed by atoms with Gasteiger partial charge in [-0.1, -0.05) is 6.07 Å². The number of alkyl halides is 3. The van der Waals surface area contributed by atoms with E-state index in [1.54, 1.807) is 17.3 Å². The summed E-state index contributed by atoms with van der Waals surface area (Å²) in [6.07, 6.45) is 0.244. The van der Waals surface area contributed by atoms with Crippen molar-refractivity contribution in [1.29, 1.82) is 0 Å². The van der Waals surface area contributed by atoms with Gasteiger partial charge in [0.05, 0.1) is 6.54 Å². The molecule has 0 atom stereocenters. The molecule has 2 amide bonds. The molecule has 1 aromatic carbocycles. The number of pyridine rings is 1.